The zero-order valence-electron chi connectivity index (χ0n) is 29.7. The summed E-state index contributed by atoms with van der Waals surface area (Å²) in [5, 5.41) is 12.0. The second kappa shape index (κ2) is 14.0. The number of carbonyl (C=O) groups is 1. The minimum Gasteiger partial charge on any atom is -0.494 e. The first kappa shape index (κ1) is 35.3. The Balaban J connectivity index is 1.49. The van der Waals surface area contributed by atoms with Gasteiger partial charge in [0.25, 0.3) is 0 Å². The van der Waals surface area contributed by atoms with E-state index in [-0.39, 0.29) is 18.6 Å². The van der Waals surface area contributed by atoms with Gasteiger partial charge in [0.1, 0.15) is 33.5 Å². The Kier molecular flexibility index (Phi) is 9.91. The summed E-state index contributed by atoms with van der Waals surface area (Å²) in [6, 6.07) is 18.9. The quantitative estimate of drug-likeness (QED) is 0.133. The Morgan fingerprint density at radius 1 is 1.12 bits per heavy atom. The second-order valence-corrected chi connectivity index (χ2v) is 15.4. The molecule has 264 valence electrons. The third-order valence-electron chi connectivity index (χ3n) is 9.81. The highest BCUT2D eigenvalue weighted by Crippen LogP contribution is 2.57. The Hall–Kier alpha value is -4.49. The molecule has 0 bridgehead atoms. The first-order chi connectivity index (χ1) is 23.9. The van der Waals surface area contributed by atoms with E-state index >= 15 is 0 Å². The van der Waals surface area contributed by atoms with Crippen molar-refractivity contribution in [1.29, 1.82) is 0 Å². The average molecular weight is 699 g/mol. The van der Waals surface area contributed by atoms with Crippen LogP contribution in [0.5, 0.6) is 11.5 Å². The zero-order valence-corrected chi connectivity index (χ0v) is 30.5. The number of ether oxygens (including phenoxy) is 2. The van der Waals surface area contributed by atoms with E-state index in [1.807, 2.05) is 70.5 Å². The van der Waals surface area contributed by atoms with E-state index < -0.39 is 22.1 Å². The number of nitrogens with one attached hydrogen (secondary N) is 1. The summed E-state index contributed by atoms with van der Waals surface area (Å²) in [7, 11) is -1.74. The van der Waals surface area contributed by atoms with Crippen LogP contribution in [0, 0.1) is 19.3 Å². The maximum atomic E-state index is 14.3. The molecule has 11 nitrogen and oxygen atoms in total. The molecule has 0 aliphatic carbocycles. The van der Waals surface area contributed by atoms with Gasteiger partial charge in [0.05, 0.1) is 31.0 Å². The standard InChI is InChI=1S/C38H46N6O5S/c1-8-29-23-43(50(46,47)33-15-11-10-14-31(33)49-29)22-27-19-26(17-16-24(27)3)34(38(5,6)37(45)40-28-13-12-18-39-21-28)30-20-32(48-7)36-35(25(30)4)41-42-44(36)9-2/h10-21,29,34,46-47H,8-9,22-23H2,1-7H3,(H,40,45). The molecule has 3 N–H and O–H groups in total. The van der Waals surface area contributed by atoms with Gasteiger partial charge < -0.3 is 14.8 Å². The van der Waals surface area contributed by atoms with Crippen LogP contribution in [0.4, 0.5) is 5.69 Å². The fourth-order valence-electron chi connectivity index (χ4n) is 6.84. The largest absolute Gasteiger partial charge is 0.494 e. The van der Waals surface area contributed by atoms with Crippen molar-refractivity contribution in [1.82, 2.24) is 24.3 Å². The summed E-state index contributed by atoms with van der Waals surface area (Å²) in [4.78, 5) is 18.9. The number of anilines is 1. The summed E-state index contributed by atoms with van der Waals surface area (Å²) < 4.78 is 39.2. The van der Waals surface area contributed by atoms with E-state index in [0.717, 1.165) is 33.3 Å². The van der Waals surface area contributed by atoms with Crippen LogP contribution in [-0.2, 0) is 17.9 Å². The molecule has 1 aliphatic heterocycles. The summed E-state index contributed by atoms with van der Waals surface area (Å²) in [5.41, 5.74) is 5.68. The second-order valence-electron chi connectivity index (χ2n) is 13.4. The van der Waals surface area contributed by atoms with Crippen molar-refractivity contribution in [2.45, 2.75) is 78.0 Å². The number of aromatic nitrogens is 4. The van der Waals surface area contributed by atoms with Crippen molar-refractivity contribution in [3.63, 3.8) is 0 Å². The van der Waals surface area contributed by atoms with E-state index in [9.17, 15) is 13.9 Å². The SMILES string of the molecule is CCC1CN(Cc2cc(C(c3cc(OC)c4c(nnn4CC)c3C)C(C)(C)C(=O)Nc3cccnc3)ccc2C)S(O)(O)c2ccccc2O1. The average Bonchev–Trinajstić information content (AvgIpc) is 3.51. The third-order valence-corrected chi connectivity index (χ3v) is 11.7. The van der Waals surface area contributed by atoms with E-state index in [1.165, 1.54) is 0 Å². The molecule has 1 amide bonds. The van der Waals surface area contributed by atoms with Crippen LogP contribution in [0.25, 0.3) is 11.0 Å². The van der Waals surface area contributed by atoms with Crippen LogP contribution in [-0.4, -0.2) is 59.1 Å². The van der Waals surface area contributed by atoms with Crippen molar-refractivity contribution in [3.05, 3.63) is 101 Å². The summed E-state index contributed by atoms with van der Waals surface area (Å²) in [5.74, 6) is 0.458. The first-order valence-corrected chi connectivity index (χ1v) is 18.4. The number of hydrogen-bond donors (Lipinski definition) is 3. The van der Waals surface area contributed by atoms with E-state index in [4.69, 9.17) is 9.47 Å². The third kappa shape index (κ3) is 6.44. The molecule has 5 aromatic rings. The molecule has 3 heterocycles. The summed E-state index contributed by atoms with van der Waals surface area (Å²) in [6.07, 6.45) is 3.77. The van der Waals surface area contributed by atoms with Gasteiger partial charge in [-0.1, -0.05) is 56.3 Å². The monoisotopic (exact) mass is 698 g/mol. The topological polar surface area (TPSA) is 135 Å². The van der Waals surface area contributed by atoms with Crippen molar-refractivity contribution in [2.24, 2.45) is 5.41 Å². The molecule has 12 heteroatoms. The first-order valence-electron chi connectivity index (χ1n) is 16.9. The molecule has 2 aromatic heterocycles. The van der Waals surface area contributed by atoms with Gasteiger partial charge in [-0.3, -0.25) is 18.9 Å². The van der Waals surface area contributed by atoms with E-state index in [2.05, 4.69) is 32.7 Å². The van der Waals surface area contributed by atoms with Crippen LogP contribution >= 0.6 is 10.8 Å². The fourth-order valence-corrected chi connectivity index (χ4v) is 8.46. The lowest BCUT2D eigenvalue weighted by Gasteiger charge is -2.42. The Morgan fingerprint density at radius 3 is 2.60 bits per heavy atom. The molecular formula is C38H46N6O5S. The molecule has 0 fully saturated rings. The van der Waals surface area contributed by atoms with Gasteiger partial charge in [-0.15, -0.1) is 15.9 Å². The zero-order chi connectivity index (χ0) is 35.8. The van der Waals surface area contributed by atoms with Crippen LogP contribution in [0.2, 0.25) is 0 Å². The van der Waals surface area contributed by atoms with E-state index in [0.29, 0.717) is 47.1 Å². The van der Waals surface area contributed by atoms with Crippen LogP contribution < -0.4 is 14.8 Å². The summed E-state index contributed by atoms with van der Waals surface area (Å²) >= 11 is 0. The smallest absolute Gasteiger partial charge is 0.231 e. The number of carbonyl (C=O) groups excluding carboxylic acids is 1. The van der Waals surface area contributed by atoms with Gasteiger partial charge in [0, 0.05) is 25.2 Å². The number of para-hydroxylation sites is 1. The van der Waals surface area contributed by atoms with Gasteiger partial charge in [0.15, 0.2) is 0 Å². The van der Waals surface area contributed by atoms with Crippen LogP contribution in [0.3, 0.4) is 0 Å². The molecule has 0 radical (unpaired) electrons. The lowest BCUT2D eigenvalue weighted by Crippen LogP contribution is -2.37. The molecule has 3 aromatic carbocycles. The number of benzene rings is 3. The Morgan fingerprint density at radius 2 is 1.90 bits per heavy atom. The molecule has 0 saturated heterocycles. The lowest BCUT2D eigenvalue weighted by atomic mass is 9.69. The minimum absolute atomic E-state index is 0.186. The van der Waals surface area contributed by atoms with Crippen molar-refractivity contribution < 1.29 is 23.4 Å². The molecule has 1 aliphatic rings. The fraction of sp³-hybridized carbons (Fsp3) is 0.368. The molecule has 50 heavy (non-hydrogen) atoms. The molecule has 6 rings (SSSR count). The van der Waals surface area contributed by atoms with Gasteiger partial charge in [0.2, 0.25) is 5.91 Å². The van der Waals surface area contributed by atoms with E-state index in [1.54, 1.807) is 48.1 Å². The maximum Gasteiger partial charge on any atom is 0.231 e. The Bertz CT molecular complexity index is 2010. The number of rotatable bonds is 10. The van der Waals surface area contributed by atoms with Gasteiger partial charge in [-0.25, -0.2) is 4.68 Å². The van der Waals surface area contributed by atoms with Gasteiger partial charge >= 0.3 is 0 Å². The maximum absolute atomic E-state index is 14.3. The molecule has 0 saturated carbocycles. The van der Waals surface area contributed by atoms with Crippen molar-refractivity contribution in [3.8, 4) is 11.5 Å². The lowest BCUT2D eigenvalue weighted by molar-refractivity contribution is -0.124. The molecule has 2 unspecified atom stereocenters. The highest BCUT2D eigenvalue weighted by Gasteiger charge is 2.41. The number of hydrogen-bond acceptors (Lipinski definition) is 9. The van der Waals surface area contributed by atoms with Crippen molar-refractivity contribution in [2.75, 3.05) is 19.0 Å². The summed E-state index contributed by atoms with van der Waals surface area (Å²) in [6.45, 7) is 13.2. The normalized spacial score (nSPS) is 17.3. The number of pyridine rings is 1. The predicted molar refractivity (Wildman–Crippen MR) is 197 cm³/mol. The minimum atomic E-state index is -3.38. The predicted octanol–water partition coefficient (Wildman–Crippen LogP) is 7.97. The number of aryl methyl sites for hydroxylation is 3. The highest BCUT2D eigenvalue weighted by atomic mass is 32.3. The van der Waals surface area contributed by atoms with Crippen LogP contribution in [0.1, 0.15) is 67.9 Å². The van der Waals surface area contributed by atoms with Gasteiger partial charge in [-0.05, 0) is 85.3 Å². The molecule has 2 atom stereocenters. The Labute approximate surface area is 295 Å². The van der Waals surface area contributed by atoms with Crippen molar-refractivity contribution >= 4 is 33.4 Å². The van der Waals surface area contributed by atoms with Crippen LogP contribution in [0.15, 0.2) is 78.0 Å². The number of fused-ring (bicyclic) bond motifs is 2. The van der Waals surface area contributed by atoms with Gasteiger partial charge in [-0.2, -0.15) is 4.31 Å². The molecule has 0 spiro atoms. The number of methoxy groups -OCH3 is 1. The molecular weight excluding hydrogens is 653 g/mol. The number of nitrogens with zero attached hydrogens (tertiary/aromatic N) is 5. The highest BCUT2D eigenvalue weighted by molar-refractivity contribution is 8.22. The number of amides is 1.